The van der Waals surface area contributed by atoms with Gasteiger partial charge in [0.25, 0.3) is 0 Å². The fourth-order valence-corrected chi connectivity index (χ4v) is 4.32. The lowest BCUT2D eigenvalue weighted by atomic mass is 10.1. The lowest BCUT2D eigenvalue weighted by molar-refractivity contribution is 0.0695. The van der Waals surface area contributed by atoms with Crippen molar-refractivity contribution in [2.75, 3.05) is 44.2 Å². The minimum atomic E-state index is -1.27. The number of halogens is 1. The number of nitrogens with zero attached hydrogens (tertiary/aromatic N) is 4. The number of benzene rings is 1. The zero-order chi connectivity index (χ0) is 21.7. The molecule has 0 radical (unpaired) electrons. The quantitative estimate of drug-likeness (QED) is 0.601. The van der Waals surface area contributed by atoms with Crippen LogP contribution in [0.3, 0.4) is 0 Å². The van der Waals surface area contributed by atoms with Crippen LogP contribution in [0.15, 0.2) is 29.2 Å². The van der Waals surface area contributed by atoms with Gasteiger partial charge in [-0.25, -0.2) is 14.2 Å². The number of fused-ring (bicyclic) bond motifs is 2. The van der Waals surface area contributed by atoms with E-state index in [0.717, 1.165) is 25.9 Å². The highest BCUT2D eigenvalue weighted by atomic mass is 19.1. The Kier molecular flexibility index (Phi) is 4.86. The van der Waals surface area contributed by atoms with E-state index in [1.54, 1.807) is 16.7 Å². The molecule has 8 nitrogen and oxygen atoms in total. The molecule has 0 spiro atoms. The number of aliphatic hydroxyl groups is 1. The van der Waals surface area contributed by atoms with Crippen molar-refractivity contribution in [1.82, 2.24) is 14.5 Å². The van der Waals surface area contributed by atoms with Gasteiger partial charge in [-0.05, 0) is 31.0 Å². The number of pyridine rings is 2. The van der Waals surface area contributed by atoms with E-state index in [9.17, 15) is 19.1 Å². The summed E-state index contributed by atoms with van der Waals surface area (Å²) in [4.78, 5) is 33.1. The first-order chi connectivity index (χ1) is 15.0. The molecule has 2 aromatic heterocycles. The summed E-state index contributed by atoms with van der Waals surface area (Å²) < 4.78 is 16.7. The fraction of sp³-hybridized carbons (Fsp3) is 0.409. The molecule has 0 amide bonds. The van der Waals surface area contributed by atoms with Crippen molar-refractivity contribution in [3.05, 3.63) is 46.0 Å². The molecule has 3 heterocycles. The summed E-state index contributed by atoms with van der Waals surface area (Å²) in [5, 5.41) is 19.2. The second-order valence-corrected chi connectivity index (χ2v) is 8.22. The van der Waals surface area contributed by atoms with Crippen LogP contribution in [0.1, 0.15) is 29.2 Å². The molecular weight excluding hydrogens is 403 g/mol. The third kappa shape index (κ3) is 3.53. The van der Waals surface area contributed by atoms with Gasteiger partial charge in [-0.15, -0.1) is 0 Å². The molecule has 1 aliphatic carbocycles. The first-order valence-corrected chi connectivity index (χ1v) is 10.5. The van der Waals surface area contributed by atoms with Crippen molar-refractivity contribution >= 4 is 33.6 Å². The first kappa shape index (κ1) is 19.9. The highest BCUT2D eigenvalue weighted by molar-refractivity contribution is 5.97. The van der Waals surface area contributed by atoms with E-state index in [1.165, 1.54) is 12.3 Å². The van der Waals surface area contributed by atoms with Gasteiger partial charge < -0.3 is 19.7 Å². The van der Waals surface area contributed by atoms with Crippen LogP contribution in [0.2, 0.25) is 0 Å². The minimum absolute atomic E-state index is 0.105. The SMILES string of the molecule is O=C(O)c1cn(C2CC2)c2nc3cc(N4CCN(CCO)CC4)c(F)cc3cc2c1=O. The van der Waals surface area contributed by atoms with Gasteiger partial charge in [0.2, 0.25) is 5.43 Å². The average molecular weight is 426 g/mol. The van der Waals surface area contributed by atoms with Gasteiger partial charge in [0.15, 0.2) is 0 Å². The van der Waals surface area contributed by atoms with Crippen molar-refractivity contribution in [3.63, 3.8) is 0 Å². The minimum Gasteiger partial charge on any atom is -0.477 e. The third-order valence-corrected chi connectivity index (χ3v) is 6.17. The number of aliphatic hydroxyl groups excluding tert-OH is 1. The summed E-state index contributed by atoms with van der Waals surface area (Å²) in [7, 11) is 0. The maximum atomic E-state index is 15.0. The number of rotatable bonds is 5. The molecule has 9 heteroatoms. The molecule has 31 heavy (non-hydrogen) atoms. The van der Waals surface area contributed by atoms with Crippen LogP contribution in [0.5, 0.6) is 0 Å². The van der Waals surface area contributed by atoms with E-state index in [4.69, 9.17) is 5.11 Å². The number of aromatic carboxylic acids is 1. The number of hydrogen-bond donors (Lipinski definition) is 2. The monoisotopic (exact) mass is 426 g/mol. The van der Waals surface area contributed by atoms with Crippen molar-refractivity contribution in [3.8, 4) is 0 Å². The molecular formula is C22H23FN4O4. The largest absolute Gasteiger partial charge is 0.477 e. The second kappa shape index (κ2) is 7.58. The zero-order valence-corrected chi connectivity index (χ0v) is 16.9. The van der Waals surface area contributed by atoms with Gasteiger partial charge in [0, 0.05) is 50.3 Å². The average Bonchev–Trinajstić information content (AvgIpc) is 3.59. The Morgan fingerprint density at radius 3 is 2.55 bits per heavy atom. The second-order valence-electron chi connectivity index (χ2n) is 8.22. The van der Waals surface area contributed by atoms with E-state index in [0.29, 0.717) is 41.9 Å². The number of carbonyl (C=O) groups is 1. The Morgan fingerprint density at radius 1 is 1.16 bits per heavy atom. The Hall–Kier alpha value is -3.04. The highest BCUT2D eigenvalue weighted by Gasteiger charge is 2.28. The van der Waals surface area contributed by atoms with E-state index in [-0.39, 0.29) is 23.6 Å². The molecule has 0 unspecified atom stereocenters. The highest BCUT2D eigenvalue weighted by Crippen LogP contribution is 2.37. The molecule has 2 aliphatic rings. The van der Waals surface area contributed by atoms with Crippen LogP contribution >= 0.6 is 0 Å². The summed E-state index contributed by atoms with van der Waals surface area (Å²) in [5.41, 5.74) is 0.580. The molecule has 2 N–H and O–H groups in total. The third-order valence-electron chi connectivity index (χ3n) is 6.17. The number of carboxylic acid groups (broad SMARTS) is 1. The standard InChI is InChI=1S/C22H23FN4O4/c23-17-10-13-9-15-20(29)16(22(30)31)12-27(14-1-2-14)21(15)24-18(13)11-19(17)26-5-3-25(4-6-26)7-8-28/h9-12,14,28H,1-8H2,(H,30,31). The van der Waals surface area contributed by atoms with Gasteiger partial charge >= 0.3 is 5.97 Å². The van der Waals surface area contributed by atoms with Gasteiger partial charge in [-0.3, -0.25) is 9.69 Å². The molecule has 162 valence electrons. The molecule has 1 saturated heterocycles. The fourth-order valence-electron chi connectivity index (χ4n) is 4.32. The number of carboxylic acids is 1. The summed E-state index contributed by atoms with van der Waals surface area (Å²) in [6, 6.07) is 4.76. The predicted molar refractivity (Wildman–Crippen MR) is 114 cm³/mol. The molecule has 2 fully saturated rings. The van der Waals surface area contributed by atoms with E-state index in [1.807, 2.05) is 4.90 Å². The number of anilines is 1. The summed E-state index contributed by atoms with van der Waals surface area (Å²) in [6.45, 7) is 3.48. The van der Waals surface area contributed by atoms with E-state index in [2.05, 4.69) is 9.88 Å². The molecule has 3 aromatic rings. The zero-order valence-electron chi connectivity index (χ0n) is 16.9. The molecule has 1 aromatic carbocycles. The van der Waals surface area contributed by atoms with Crippen molar-refractivity contribution in [1.29, 1.82) is 0 Å². The van der Waals surface area contributed by atoms with Crippen LogP contribution in [0.25, 0.3) is 21.9 Å². The Morgan fingerprint density at radius 2 is 1.90 bits per heavy atom. The van der Waals surface area contributed by atoms with Crippen LogP contribution in [-0.2, 0) is 0 Å². The summed E-state index contributed by atoms with van der Waals surface area (Å²) in [5.74, 6) is -1.68. The van der Waals surface area contributed by atoms with Crippen LogP contribution in [0.4, 0.5) is 10.1 Å². The molecule has 1 saturated carbocycles. The topological polar surface area (TPSA) is 98.9 Å². The predicted octanol–water partition coefficient (Wildman–Crippen LogP) is 1.84. The molecule has 0 bridgehead atoms. The summed E-state index contributed by atoms with van der Waals surface area (Å²) >= 11 is 0. The van der Waals surface area contributed by atoms with Crippen molar-refractivity contribution in [2.24, 2.45) is 0 Å². The number of aromatic nitrogens is 2. The van der Waals surface area contributed by atoms with Crippen LogP contribution in [-0.4, -0.2) is 70.0 Å². The van der Waals surface area contributed by atoms with E-state index >= 15 is 0 Å². The van der Waals surface area contributed by atoms with Gasteiger partial charge in [0.05, 0.1) is 23.2 Å². The Balaban J connectivity index is 1.61. The van der Waals surface area contributed by atoms with Gasteiger partial charge in [0.1, 0.15) is 17.0 Å². The Bertz CT molecular complexity index is 1250. The van der Waals surface area contributed by atoms with Gasteiger partial charge in [-0.1, -0.05) is 0 Å². The van der Waals surface area contributed by atoms with Gasteiger partial charge in [-0.2, -0.15) is 0 Å². The van der Waals surface area contributed by atoms with E-state index < -0.39 is 17.2 Å². The Labute approximate surface area is 177 Å². The molecule has 0 atom stereocenters. The van der Waals surface area contributed by atoms with Crippen LogP contribution < -0.4 is 10.3 Å². The van der Waals surface area contributed by atoms with Crippen LogP contribution in [0, 0.1) is 5.82 Å². The van der Waals surface area contributed by atoms with Crippen molar-refractivity contribution < 1.29 is 19.4 Å². The summed E-state index contributed by atoms with van der Waals surface area (Å²) in [6.07, 6.45) is 3.20. The first-order valence-electron chi connectivity index (χ1n) is 10.5. The normalized spacial score (nSPS) is 17.5. The number of piperazine rings is 1. The lowest BCUT2D eigenvalue weighted by Gasteiger charge is -2.36. The van der Waals surface area contributed by atoms with Crippen molar-refractivity contribution in [2.45, 2.75) is 18.9 Å². The number of hydrogen-bond acceptors (Lipinski definition) is 6. The number of β-amino-alcohol motifs (C(OH)–C–C–N with tert-alkyl or cyclic N) is 1. The maximum Gasteiger partial charge on any atom is 0.341 e. The molecule has 1 aliphatic heterocycles. The smallest absolute Gasteiger partial charge is 0.341 e. The molecule has 5 rings (SSSR count). The lowest BCUT2D eigenvalue weighted by Crippen LogP contribution is -2.47. The maximum absolute atomic E-state index is 15.0.